The van der Waals surface area contributed by atoms with Crippen molar-refractivity contribution in [1.29, 1.82) is 0 Å². The van der Waals surface area contributed by atoms with E-state index in [4.69, 9.17) is 5.73 Å². The largest absolute Gasteiger partial charge is 0.374 e. The molecule has 0 saturated carbocycles. The summed E-state index contributed by atoms with van der Waals surface area (Å²) in [6, 6.07) is 0. The van der Waals surface area contributed by atoms with Crippen molar-refractivity contribution < 1.29 is 4.79 Å². The molecule has 0 unspecified atom stereocenters. The lowest BCUT2D eigenvalue weighted by atomic mass is 10.3. The highest BCUT2D eigenvalue weighted by Gasteiger charge is 2.18. The van der Waals surface area contributed by atoms with E-state index < -0.39 is 0 Å². The summed E-state index contributed by atoms with van der Waals surface area (Å²) in [5, 5.41) is 8.12. The van der Waals surface area contributed by atoms with Gasteiger partial charge in [-0.2, -0.15) is 0 Å². The molecule has 5 nitrogen and oxygen atoms in total. The van der Waals surface area contributed by atoms with E-state index in [1.165, 1.54) is 0 Å². The van der Waals surface area contributed by atoms with Crippen LogP contribution in [0.5, 0.6) is 0 Å². The zero-order chi connectivity index (χ0) is 11.3. The van der Waals surface area contributed by atoms with E-state index in [2.05, 4.69) is 10.2 Å². The summed E-state index contributed by atoms with van der Waals surface area (Å²) >= 11 is 1.14. The molecule has 0 aliphatic rings. The maximum absolute atomic E-state index is 11.9. The molecular weight excluding hydrogens is 212 g/mol. The van der Waals surface area contributed by atoms with Gasteiger partial charge in [0.1, 0.15) is 0 Å². The van der Waals surface area contributed by atoms with E-state index in [1.54, 1.807) is 4.90 Å². The fraction of sp³-hybridized carbons (Fsp3) is 0.667. The van der Waals surface area contributed by atoms with Crippen molar-refractivity contribution in [2.24, 2.45) is 0 Å². The molecule has 0 fully saturated rings. The van der Waals surface area contributed by atoms with E-state index in [1.807, 2.05) is 13.8 Å². The molecule has 0 atom stereocenters. The Morgan fingerprint density at radius 1 is 1.33 bits per heavy atom. The molecule has 0 saturated heterocycles. The van der Waals surface area contributed by atoms with Crippen molar-refractivity contribution in [2.75, 3.05) is 18.8 Å². The molecule has 0 aliphatic carbocycles. The predicted octanol–water partition coefficient (Wildman–Crippen LogP) is 1.38. The second-order valence-electron chi connectivity index (χ2n) is 3.24. The first-order valence-corrected chi connectivity index (χ1v) is 5.89. The van der Waals surface area contributed by atoms with Crippen LogP contribution in [0.15, 0.2) is 0 Å². The van der Waals surface area contributed by atoms with Gasteiger partial charge < -0.3 is 10.6 Å². The van der Waals surface area contributed by atoms with E-state index >= 15 is 0 Å². The predicted molar refractivity (Wildman–Crippen MR) is 60.8 cm³/mol. The molecule has 2 N–H and O–H groups in total. The number of anilines is 1. The lowest BCUT2D eigenvalue weighted by Crippen LogP contribution is -2.32. The number of carbonyl (C=O) groups is 1. The minimum atomic E-state index is -0.0621. The van der Waals surface area contributed by atoms with Gasteiger partial charge in [0.05, 0.1) is 0 Å². The third-order valence-electron chi connectivity index (χ3n) is 1.90. The molecule has 84 valence electrons. The Balaban J connectivity index is 2.71. The summed E-state index contributed by atoms with van der Waals surface area (Å²) in [6.07, 6.45) is 1.89. The summed E-state index contributed by atoms with van der Waals surface area (Å²) < 4.78 is 0. The lowest BCUT2D eigenvalue weighted by molar-refractivity contribution is 0.0754. The Hall–Kier alpha value is -1.17. The van der Waals surface area contributed by atoms with Gasteiger partial charge in [0.15, 0.2) is 0 Å². The first kappa shape index (κ1) is 11.9. The summed E-state index contributed by atoms with van der Waals surface area (Å²) in [4.78, 5) is 13.7. The molecular formula is C9H16N4OS. The maximum atomic E-state index is 11.9. The summed E-state index contributed by atoms with van der Waals surface area (Å²) in [6.45, 7) is 5.60. The van der Waals surface area contributed by atoms with Gasteiger partial charge in [-0.05, 0) is 12.8 Å². The van der Waals surface area contributed by atoms with Crippen molar-refractivity contribution in [3.05, 3.63) is 5.01 Å². The van der Waals surface area contributed by atoms with Gasteiger partial charge in [-0.1, -0.05) is 25.2 Å². The van der Waals surface area contributed by atoms with Crippen LogP contribution in [-0.2, 0) is 0 Å². The van der Waals surface area contributed by atoms with Gasteiger partial charge in [0.25, 0.3) is 5.91 Å². The topological polar surface area (TPSA) is 72.1 Å². The monoisotopic (exact) mass is 228 g/mol. The standard InChI is InChI=1S/C9H16N4OS/c1-3-5-13(6-4-2)8(14)7-11-12-9(10)15-7/h3-6H2,1-2H3,(H2,10,12). The zero-order valence-corrected chi connectivity index (χ0v) is 9.88. The number of hydrogen-bond donors (Lipinski definition) is 1. The van der Waals surface area contributed by atoms with Crippen molar-refractivity contribution >= 4 is 22.4 Å². The van der Waals surface area contributed by atoms with Gasteiger partial charge in [-0.3, -0.25) is 4.79 Å². The Morgan fingerprint density at radius 3 is 2.33 bits per heavy atom. The second-order valence-corrected chi connectivity index (χ2v) is 4.25. The fourth-order valence-electron chi connectivity index (χ4n) is 1.31. The van der Waals surface area contributed by atoms with Gasteiger partial charge >= 0.3 is 0 Å². The number of nitrogens with two attached hydrogens (primary N) is 1. The number of nitrogen functional groups attached to an aromatic ring is 1. The van der Waals surface area contributed by atoms with Crippen LogP contribution in [0.25, 0.3) is 0 Å². The van der Waals surface area contributed by atoms with Gasteiger partial charge in [0.2, 0.25) is 10.1 Å². The number of nitrogens with zero attached hydrogens (tertiary/aromatic N) is 3. The zero-order valence-electron chi connectivity index (χ0n) is 9.06. The SMILES string of the molecule is CCCN(CCC)C(=O)c1nnc(N)s1. The molecule has 6 heteroatoms. The number of amides is 1. The molecule has 1 heterocycles. The second kappa shape index (κ2) is 5.65. The number of rotatable bonds is 5. The van der Waals surface area contributed by atoms with Crippen LogP contribution in [0, 0.1) is 0 Å². The van der Waals surface area contributed by atoms with E-state index in [-0.39, 0.29) is 5.91 Å². The smallest absolute Gasteiger partial charge is 0.284 e. The van der Waals surface area contributed by atoms with E-state index in [9.17, 15) is 4.79 Å². The van der Waals surface area contributed by atoms with E-state index in [0.717, 1.165) is 37.3 Å². The molecule has 0 spiro atoms. The Morgan fingerprint density at radius 2 is 1.93 bits per heavy atom. The van der Waals surface area contributed by atoms with Crippen LogP contribution < -0.4 is 5.73 Å². The molecule has 1 amide bonds. The van der Waals surface area contributed by atoms with Crippen LogP contribution in [0.2, 0.25) is 0 Å². The van der Waals surface area contributed by atoms with Crippen molar-refractivity contribution in [3.8, 4) is 0 Å². The number of hydrogen-bond acceptors (Lipinski definition) is 5. The molecule has 1 aromatic rings. The number of carbonyl (C=O) groups excluding carboxylic acids is 1. The van der Waals surface area contributed by atoms with Crippen molar-refractivity contribution in [2.45, 2.75) is 26.7 Å². The first-order valence-electron chi connectivity index (χ1n) is 5.07. The molecule has 1 rings (SSSR count). The highest BCUT2D eigenvalue weighted by Crippen LogP contribution is 2.13. The molecule has 0 aliphatic heterocycles. The molecule has 15 heavy (non-hydrogen) atoms. The Kier molecular flexibility index (Phi) is 4.48. The van der Waals surface area contributed by atoms with E-state index in [0.29, 0.717) is 10.1 Å². The summed E-state index contributed by atoms with van der Waals surface area (Å²) in [5.41, 5.74) is 5.44. The van der Waals surface area contributed by atoms with Gasteiger partial charge in [-0.15, -0.1) is 10.2 Å². The van der Waals surface area contributed by atoms with Crippen LogP contribution in [0.3, 0.4) is 0 Å². The normalized spacial score (nSPS) is 10.3. The molecule has 0 aromatic carbocycles. The third kappa shape index (κ3) is 3.16. The highest BCUT2D eigenvalue weighted by molar-refractivity contribution is 7.16. The average Bonchev–Trinajstić information content (AvgIpc) is 2.63. The van der Waals surface area contributed by atoms with Crippen molar-refractivity contribution in [3.63, 3.8) is 0 Å². The minimum Gasteiger partial charge on any atom is -0.374 e. The summed E-state index contributed by atoms with van der Waals surface area (Å²) in [7, 11) is 0. The van der Waals surface area contributed by atoms with Crippen LogP contribution in [0.1, 0.15) is 36.5 Å². The summed E-state index contributed by atoms with van der Waals surface area (Å²) in [5.74, 6) is -0.0621. The Labute approximate surface area is 93.3 Å². The minimum absolute atomic E-state index is 0.0621. The third-order valence-corrected chi connectivity index (χ3v) is 2.64. The van der Waals surface area contributed by atoms with Crippen LogP contribution >= 0.6 is 11.3 Å². The van der Waals surface area contributed by atoms with Crippen LogP contribution in [0.4, 0.5) is 5.13 Å². The molecule has 1 aromatic heterocycles. The van der Waals surface area contributed by atoms with Gasteiger partial charge in [-0.25, -0.2) is 0 Å². The average molecular weight is 228 g/mol. The fourth-order valence-corrected chi connectivity index (χ4v) is 1.89. The lowest BCUT2D eigenvalue weighted by Gasteiger charge is -2.19. The Bertz CT molecular complexity index is 320. The maximum Gasteiger partial charge on any atom is 0.284 e. The number of aromatic nitrogens is 2. The van der Waals surface area contributed by atoms with Crippen LogP contribution in [-0.4, -0.2) is 34.1 Å². The highest BCUT2D eigenvalue weighted by atomic mass is 32.1. The molecule has 0 bridgehead atoms. The molecule has 0 radical (unpaired) electrons. The first-order chi connectivity index (χ1) is 7.19. The quantitative estimate of drug-likeness (QED) is 0.826. The van der Waals surface area contributed by atoms with Crippen molar-refractivity contribution in [1.82, 2.24) is 15.1 Å². The van der Waals surface area contributed by atoms with Gasteiger partial charge in [0, 0.05) is 13.1 Å².